The molecule has 2 aliphatic rings. The molecule has 0 aromatic carbocycles. The second kappa shape index (κ2) is 9.09. The molecule has 3 nitrogen and oxygen atoms in total. The fourth-order valence-electron chi connectivity index (χ4n) is 3.09. The van der Waals surface area contributed by atoms with Gasteiger partial charge < -0.3 is 10.6 Å². The molecule has 2 fully saturated rings. The van der Waals surface area contributed by atoms with Gasteiger partial charge in [0.1, 0.15) is 0 Å². The first kappa shape index (κ1) is 17.1. The number of hydrogen-bond donors (Lipinski definition) is 2. The van der Waals surface area contributed by atoms with E-state index in [1.165, 1.54) is 32.1 Å². The first-order valence-electron chi connectivity index (χ1n) is 7.44. The van der Waals surface area contributed by atoms with Gasteiger partial charge in [-0.25, -0.2) is 0 Å². The van der Waals surface area contributed by atoms with Crippen molar-refractivity contribution in [3.05, 3.63) is 0 Å². The highest BCUT2D eigenvalue weighted by Crippen LogP contribution is 2.29. The van der Waals surface area contributed by atoms with Crippen LogP contribution in [0.15, 0.2) is 0 Å². The molecule has 1 saturated heterocycles. The third-order valence-electron chi connectivity index (χ3n) is 4.06. The van der Waals surface area contributed by atoms with Gasteiger partial charge in [-0.2, -0.15) is 11.8 Å². The van der Waals surface area contributed by atoms with E-state index in [-0.39, 0.29) is 18.3 Å². The molecule has 3 atom stereocenters. The normalized spacial score (nSPS) is 30.1. The molecule has 1 aliphatic carbocycles. The van der Waals surface area contributed by atoms with Crippen LogP contribution in [0.25, 0.3) is 0 Å². The number of amides is 1. The zero-order chi connectivity index (χ0) is 12.8. The number of rotatable bonds is 6. The van der Waals surface area contributed by atoms with Crippen molar-refractivity contribution < 1.29 is 4.79 Å². The maximum Gasteiger partial charge on any atom is 0.220 e. The Labute approximate surface area is 127 Å². The van der Waals surface area contributed by atoms with Gasteiger partial charge in [0.15, 0.2) is 0 Å². The van der Waals surface area contributed by atoms with Crippen molar-refractivity contribution in [3.63, 3.8) is 0 Å². The minimum absolute atomic E-state index is 0. The van der Waals surface area contributed by atoms with E-state index in [1.807, 2.05) is 11.8 Å². The molecule has 5 heteroatoms. The quantitative estimate of drug-likeness (QED) is 0.793. The smallest absolute Gasteiger partial charge is 0.220 e. The molecule has 19 heavy (non-hydrogen) atoms. The van der Waals surface area contributed by atoms with Crippen LogP contribution >= 0.6 is 24.2 Å². The van der Waals surface area contributed by atoms with Crippen molar-refractivity contribution in [1.82, 2.24) is 10.6 Å². The third-order valence-corrected chi connectivity index (χ3v) is 5.39. The Morgan fingerprint density at radius 1 is 1.32 bits per heavy atom. The van der Waals surface area contributed by atoms with E-state index < -0.39 is 0 Å². The van der Waals surface area contributed by atoms with E-state index in [0.29, 0.717) is 23.8 Å². The van der Waals surface area contributed by atoms with Crippen LogP contribution in [0, 0.1) is 0 Å². The van der Waals surface area contributed by atoms with Gasteiger partial charge in [-0.1, -0.05) is 13.3 Å². The Morgan fingerprint density at radius 2 is 2.16 bits per heavy atom. The summed E-state index contributed by atoms with van der Waals surface area (Å²) in [5.74, 6) is 1.42. The summed E-state index contributed by atoms with van der Waals surface area (Å²) in [7, 11) is 0. The van der Waals surface area contributed by atoms with Crippen LogP contribution in [-0.2, 0) is 4.79 Å². The van der Waals surface area contributed by atoms with E-state index in [9.17, 15) is 4.79 Å². The lowest BCUT2D eigenvalue weighted by atomic mass is 10.1. The molecule has 1 aliphatic heterocycles. The lowest BCUT2D eigenvalue weighted by molar-refractivity contribution is -0.121. The summed E-state index contributed by atoms with van der Waals surface area (Å²) in [5, 5.41) is 7.36. The molecule has 1 heterocycles. The lowest BCUT2D eigenvalue weighted by Crippen LogP contribution is -2.39. The molecule has 0 bridgehead atoms. The monoisotopic (exact) mass is 306 g/mol. The number of thioether (sulfide) groups is 1. The van der Waals surface area contributed by atoms with E-state index >= 15 is 0 Å². The van der Waals surface area contributed by atoms with Gasteiger partial charge in [0.2, 0.25) is 5.91 Å². The SMILES string of the molecule is CCSC1CCCC1NC(=O)CCC1CCCN1.Cl. The maximum atomic E-state index is 12.0. The summed E-state index contributed by atoms with van der Waals surface area (Å²) in [4.78, 5) is 12.0. The van der Waals surface area contributed by atoms with E-state index in [2.05, 4.69) is 17.6 Å². The molecule has 1 saturated carbocycles. The first-order chi connectivity index (χ1) is 8.79. The van der Waals surface area contributed by atoms with Crippen molar-refractivity contribution >= 4 is 30.1 Å². The van der Waals surface area contributed by atoms with Crippen molar-refractivity contribution in [2.45, 2.75) is 69.2 Å². The fourth-order valence-corrected chi connectivity index (χ4v) is 4.29. The number of carbonyl (C=O) groups excluding carboxylic acids is 1. The standard InChI is InChI=1S/C14H26N2OS.ClH/c1-2-18-13-7-3-6-12(13)16-14(17)9-8-11-5-4-10-15-11;/h11-13,15H,2-10H2,1H3,(H,16,17);1H. The minimum atomic E-state index is 0. The average Bonchev–Trinajstić information content (AvgIpc) is 2.99. The number of carbonyl (C=O) groups is 1. The summed E-state index contributed by atoms with van der Waals surface area (Å²) in [6, 6.07) is 1.01. The number of halogens is 1. The summed E-state index contributed by atoms with van der Waals surface area (Å²) < 4.78 is 0. The second-order valence-corrected chi connectivity index (χ2v) is 6.95. The fraction of sp³-hybridized carbons (Fsp3) is 0.929. The van der Waals surface area contributed by atoms with Gasteiger partial charge in [-0.3, -0.25) is 4.79 Å². The maximum absolute atomic E-state index is 12.0. The molecule has 0 spiro atoms. The zero-order valence-corrected chi connectivity index (χ0v) is 13.5. The molecule has 2 N–H and O–H groups in total. The van der Waals surface area contributed by atoms with Crippen LogP contribution in [0.3, 0.4) is 0 Å². The zero-order valence-electron chi connectivity index (χ0n) is 11.8. The largest absolute Gasteiger partial charge is 0.352 e. The third kappa shape index (κ3) is 5.52. The first-order valence-corrected chi connectivity index (χ1v) is 8.49. The Kier molecular flexibility index (Phi) is 8.19. The van der Waals surface area contributed by atoms with Gasteiger partial charge in [-0.15, -0.1) is 12.4 Å². The van der Waals surface area contributed by atoms with Crippen LogP contribution < -0.4 is 10.6 Å². The minimum Gasteiger partial charge on any atom is -0.352 e. The van der Waals surface area contributed by atoms with Gasteiger partial charge in [0.25, 0.3) is 0 Å². The Hall–Kier alpha value is 0.0700. The highest BCUT2D eigenvalue weighted by molar-refractivity contribution is 7.99. The second-order valence-electron chi connectivity index (χ2n) is 5.43. The predicted molar refractivity (Wildman–Crippen MR) is 85.2 cm³/mol. The molecule has 0 aromatic heterocycles. The molecule has 0 aromatic rings. The van der Waals surface area contributed by atoms with Crippen molar-refractivity contribution in [3.8, 4) is 0 Å². The Bertz CT molecular complexity index is 272. The average molecular weight is 307 g/mol. The Balaban J connectivity index is 0.00000180. The Morgan fingerprint density at radius 3 is 2.84 bits per heavy atom. The van der Waals surface area contributed by atoms with Gasteiger partial charge >= 0.3 is 0 Å². The molecular weight excluding hydrogens is 280 g/mol. The van der Waals surface area contributed by atoms with E-state index in [1.54, 1.807) is 0 Å². The molecular formula is C14H27ClN2OS. The summed E-state index contributed by atoms with van der Waals surface area (Å²) in [6.45, 7) is 3.33. The van der Waals surface area contributed by atoms with Gasteiger partial charge in [0.05, 0.1) is 0 Å². The van der Waals surface area contributed by atoms with Crippen molar-refractivity contribution in [2.75, 3.05) is 12.3 Å². The van der Waals surface area contributed by atoms with Crippen LogP contribution in [0.2, 0.25) is 0 Å². The molecule has 1 amide bonds. The predicted octanol–water partition coefficient (Wildman–Crippen LogP) is 2.73. The lowest BCUT2D eigenvalue weighted by Gasteiger charge is -2.20. The molecule has 2 rings (SSSR count). The van der Waals surface area contributed by atoms with Crippen molar-refractivity contribution in [1.29, 1.82) is 0 Å². The van der Waals surface area contributed by atoms with E-state index in [0.717, 1.165) is 18.7 Å². The van der Waals surface area contributed by atoms with Crippen LogP contribution in [0.1, 0.15) is 51.9 Å². The van der Waals surface area contributed by atoms with Gasteiger partial charge in [0, 0.05) is 23.8 Å². The summed E-state index contributed by atoms with van der Waals surface area (Å²) in [5.41, 5.74) is 0. The number of hydrogen-bond acceptors (Lipinski definition) is 3. The van der Waals surface area contributed by atoms with Crippen LogP contribution in [0.4, 0.5) is 0 Å². The van der Waals surface area contributed by atoms with Crippen molar-refractivity contribution in [2.24, 2.45) is 0 Å². The number of nitrogens with one attached hydrogen (secondary N) is 2. The highest BCUT2D eigenvalue weighted by atomic mass is 35.5. The molecule has 3 unspecified atom stereocenters. The molecule has 112 valence electrons. The highest BCUT2D eigenvalue weighted by Gasteiger charge is 2.28. The van der Waals surface area contributed by atoms with E-state index in [4.69, 9.17) is 0 Å². The van der Waals surface area contributed by atoms with Crippen LogP contribution in [-0.4, -0.2) is 35.5 Å². The summed E-state index contributed by atoms with van der Waals surface area (Å²) >= 11 is 2.01. The van der Waals surface area contributed by atoms with Crippen LogP contribution in [0.5, 0.6) is 0 Å². The summed E-state index contributed by atoms with van der Waals surface area (Å²) in [6.07, 6.45) is 7.92. The van der Waals surface area contributed by atoms with Gasteiger partial charge in [-0.05, 0) is 44.4 Å². The molecule has 0 radical (unpaired) electrons. The topological polar surface area (TPSA) is 41.1 Å².